The summed E-state index contributed by atoms with van der Waals surface area (Å²) in [5.41, 5.74) is 6.83. The van der Waals surface area contributed by atoms with Gasteiger partial charge in [0.15, 0.2) is 5.76 Å². The summed E-state index contributed by atoms with van der Waals surface area (Å²) in [6, 6.07) is 9.29. The van der Waals surface area contributed by atoms with Crippen molar-refractivity contribution in [3.8, 4) is 17.1 Å². The van der Waals surface area contributed by atoms with E-state index in [2.05, 4.69) is 10.5 Å². The normalized spacial score (nSPS) is 15.4. The van der Waals surface area contributed by atoms with Crippen LogP contribution >= 0.6 is 0 Å². The number of amides is 2. The standard InChI is InChI=1S/C19H24N4O4/c1-26-16-4-2-3-14(9-16)17-10-15(22-27-17)11-21-18(24)12-23-7-5-13(6-8-23)19(20)25/h2-4,9-10,13H,5-8,11-12H2,1H3,(H2,20,25)(H,21,24). The van der Waals surface area contributed by atoms with E-state index < -0.39 is 0 Å². The number of likely N-dealkylation sites (tertiary alicyclic amines) is 1. The van der Waals surface area contributed by atoms with Crippen molar-refractivity contribution in [1.29, 1.82) is 0 Å². The largest absolute Gasteiger partial charge is 0.497 e. The molecule has 1 saturated heterocycles. The van der Waals surface area contributed by atoms with Gasteiger partial charge >= 0.3 is 0 Å². The maximum atomic E-state index is 12.1. The second kappa shape index (κ2) is 8.68. The average molecular weight is 372 g/mol. The first-order valence-corrected chi connectivity index (χ1v) is 8.93. The second-order valence-electron chi connectivity index (χ2n) is 6.64. The molecule has 8 heteroatoms. The van der Waals surface area contributed by atoms with Gasteiger partial charge < -0.3 is 20.3 Å². The number of hydrogen-bond acceptors (Lipinski definition) is 6. The zero-order chi connectivity index (χ0) is 19.2. The molecule has 1 aromatic heterocycles. The predicted octanol–water partition coefficient (Wildman–Crippen LogP) is 1.16. The van der Waals surface area contributed by atoms with Crippen LogP contribution in [0.15, 0.2) is 34.9 Å². The molecule has 0 bridgehead atoms. The van der Waals surface area contributed by atoms with Gasteiger partial charge in [-0.25, -0.2) is 0 Å². The quantitative estimate of drug-likeness (QED) is 0.755. The van der Waals surface area contributed by atoms with E-state index in [-0.39, 0.29) is 17.7 Å². The van der Waals surface area contributed by atoms with E-state index in [4.69, 9.17) is 15.0 Å². The van der Waals surface area contributed by atoms with Gasteiger partial charge in [0.1, 0.15) is 11.4 Å². The Labute approximate surface area is 157 Å². The first kappa shape index (κ1) is 18.9. The molecule has 3 N–H and O–H groups in total. The third kappa shape index (κ3) is 5.07. The fraction of sp³-hybridized carbons (Fsp3) is 0.421. The molecule has 3 rings (SSSR count). The summed E-state index contributed by atoms with van der Waals surface area (Å²) in [7, 11) is 1.61. The second-order valence-corrected chi connectivity index (χ2v) is 6.64. The Bertz CT molecular complexity index is 797. The molecule has 1 aliphatic rings. The molecule has 0 aliphatic carbocycles. The van der Waals surface area contributed by atoms with Crippen LogP contribution in [0.3, 0.4) is 0 Å². The molecule has 2 heterocycles. The number of benzene rings is 1. The lowest BCUT2D eigenvalue weighted by atomic mass is 9.96. The third-order valence-corrected chi connectivity index (χ3v) is 4.74. The Morgan fingerprint density at radius 2 is 2.11 bits per heavy atom. The SMILES string of the molecule is COc1cccc(-c2cc(CNC(=O)CN3CCC(C(N)=O)CC3)no2)c1. The number of nitrogens with zero attached hydrogens (tertiary/aromatic N) is 2. The monoisotopic (exact) mass is 372 g/mol. The van der Waals surface area contributed by atoms with Crippen molar-refractivity contribution in [1.82, 2.24) is 15.4 Å². The minimum absolute atomic E-state index is 0.0746. The van der Waals surface area contributed by atoms with E-state index in [9.17, 15) is 9.59 Å². The summed E-state index contributed by atoms with van der Waals surface area (Å²) in [4.78, 5) is 25.4. The topological polar surface area (TPSA) is 111 Å². The smallest absolute Gasteiger partial charge is 0.234 e. The van der Waals surface area contributed by atoms with Crippen molar-refractivity contribution in [2.45, 2.75) is 19.4 Å². The van der Waals surface area contributed by atoms with E-state index in [1.54, 1.807) is 13.2 Å². The van der Waals surface area contributed by atoms with Gasteiger partial charge in [-0.05, 0) is 38.1 Å². The van der Waals surface area contributed by atoms with E-state index in [1.807, 2.05) is 29.2 Å². The molecule has 1 aliphatic heterocycles. The highest BCUT2D eigenvalue weighted by Crippen LogP contribution is 2.24. The Morgan fingerprint density at radius 1 is 1.33 bits per heavy atom. The number of carbonyl (C=O) groups is 2. The summed E-state index contributed by atoms with van der Waals surface area (Å²) in [5.74, 6) is 0.940. The van der Waals surface area contributed by atoms with Crippen molar-refractivity contribution in [2.75, 3.05) is 26.7 Å². The van der Waals surface area contributed by atoms with Gasteiger partial charge in [0.2, 0.25) is 11.8 Å². The molecule has 2 aromatic rings. The van der Waals surface area contributed by atoms with Crippen molar-refractivity contribution < 1.29 is 18.8 Å². The highest BCUT2D eigenvalue weighted by atomic mass is 16.5. The summed E-state index contributed by atoms with van der Waals surface area (Å²) in [6.07, 6.45) is 1.41. The van der Waals surface area contributed by atoms with Gasteiger partial charge in [0.25, 0.3) is 0 Å². The van der Waals surface area contributed by atoms with Gasteiger partial charge in [0, 0.05) is 17.5 Å². The Kier molecular flexibility index (Phi) is 6.08. The first-order valence-electron chi connectivity index (χ1n) is 8.93. The number of nitrogens with one attached hydrogen (secondary N) is 1. The molecular formula is C19H24N4O4. The lowest BCUT2D eigenvalue weighted by Gasteiger charge is -2.29. The van der Waals surface area contributed by atoms with Gasteiger partial charge in [-0.2, -0.15) is 0 Å². The molecule has 1 fully saturated rings. The lowest BCUT2D eigenvalue weighted by molar-refractivity contribution is -0.124. The van der Waals surface area contributed by atoms with Crippen LogP contribution in [-0.2, 0) is 16.1 Å². The number of nitrogens with two attached hydrogens (primary N) is 1. The van der Waals surface area contributed by atoms with Crippen LogP contribution in [0.25, 0.3) is 11.3 Å². The van der Waals surface area contributed by atoms with Crippen LogP contribution in [0.4, 0.5) is 0 Å². The van der Waals surface area contributed by atoms with E-state index in [0.717, 1.165) is 11.3 Å². The van der Waals surface area contributed by atoms with Crippen molar-refractivity contribution >= 4 is 11.8 Å². The van der Waals surface area contributed by atoms with Crippen LogP contribution < -0.4 is 15.8 Å². The molecule has 0 spiro atoms. The molecule has 144 valence electrons. The van der Waals surface area contributed by atoms with Crippen LogP contribution in [0.5, 0.6) is 5.75 Å². The minimum atomic E-state index is -0.253. The maximum Gasteiger partial charge on any atom is 0.234 e. The number of rotatable bonds is 7. The van der Waals surface area contributed by atoms with Crippen molar-refractivity contribution in [3.63, 3.8) is 0 Å². The van der Waals surface area contributed by atoms with Gasteiger partial charge in [-0.15, -0.1) is 0 Å². The van der Waals surface area contributed by atoms with Crippen LogP contribution in [0.1, 0.15) is 18.5 Å². The summed E-state index contributed by atoms with van der Waals surface area (Å²) < 4.78 is 10.6. The number of ether oxygens (including phenoxy) is 1. The summed E-state index contributed by atoms with van der Waals surface area (Å²) in [5, 5.41) is 6.85. The number of primary amides is 1. The third-order valence-electron chi connectivity index (χ3n) is 4.74. The van der Waals surface area contributed by atoms with E-state index in [0.29, 0.717) is 50.5 Å². The molecule has 8 nitrogen and oxygen atoms in total. The fourth-order valence-electron chi connectivity index (χ4n) is 3.13. The molecule has 27 heavy (non-hydrogen) atoms. The number of piperidine rings is 1. The van der Waals surface area contributed by atoms with Gasteiger partial charge in [0.05, 0.1) is 20.2 Å². The summed E-state index contributed by atoms with van der Waals surface area (Å²) >= 11 is 0. The van der Waals surface area contributed by atoms with Crippen LogP contribution in [-0.4, -0.2) is 48.6 Å². The predicted molar refractivity (Wildman–Crippen MR) is 98.7 cm³/mol. The molecule has 1 aromatic carbocycles. The molecule has 0 unspecified atom stereocenters. The highest BCUT2D eigenvalue weighted by Gasteiger charge is 2.24. The number of hydrogen-bond donors (Lipinski definition) is 2. The van der Waals surface area contributed by atoms with Crippen LogP contribution in [0.2, 0.25) is 0 Å². The fourth-order valence-corrected chi connectivity index (χ4v) is 3.13. The lowest BCUT2D eigenvalue weighted by Crippen LogP contribution is -2.43. The molecule has 0 radical (unpaired) electrons. The van der Waals surface area contributed by atoms with Crippen molar-refractivity contribution in [3.05, 3.63) is 36.0 Å². The Morgan fingerprint density at radius 3 is 2.81 bits per heavy atom. The first-order chi connectivity index (χ1) is 13.0. The number of methoxy groups -OCH3 is 1. The highest BCUT2D eigenvalue weighted by molar-refractivity contribution is 5.78. The zero-order valence-electron chi connectivity index (χ0n) is 15.3. The van der Waals surface area contributed by atoms with Gasteiger partial charge in [-0.3, -0.25) is 14.5 Å². The number of aromatic nitrogens is 1. The Hall–Kier alpha value is -2.87. The maximum absolute atomic E-state index is 12.1. The minimum Gasteiger partial charge on any atom is -0.497 e. The zero-order valence-corrected chi connectivity index (χ0v) is 15.3. The molecule has 0 atom stereocenters. The van der Waals surface area contributed by atoms with Gasteiger partial charge in [-0.1, -0.05) is 17.3 Å². The van der Waals surface area contributed by atoms with Crippen LogP contribution in [0, 0.1) is 5.92 Å². The molecule has 0 saturated carbocycles. The summed E-state index contributed by atoms with van der Waals surface area (Å²) in [6.45, 7) is 1.99. The molecular weight excluding hydrogens is 348 g/mol. The van der Waals surface area contributed by atoms with Crippen molar-refractivity contribution in [2.24, 2.45) is 11.7 Å². The number of carbonyl (C=O) groups excluding carboxylic acids is 2. The molecule has 2 amide bonds. The van der Waals surface area contributed by atoms with E-state index >= 15 is 0 Å². The Balaban J connectivity index is 1.47. The average Bonchev–Trinajstić information content (AvgIpc) is 3.16. The van der Waals surface area contributed by atoms with E-state index in [1.165, 1.54) is 0 Å².